The van der Waals surface area contributed by atoms with Gasteiger partial charge >= 0.3 is 0 Å². The molecule has 0 amide bonds. The Balaban J connectivity index is 0.00000128. The highest BCUT2D eigenvalue weighted by Gasteiger charge is 2.11. The first-order chi connectivity index (χ1) is 7.34. The van der Waals surface area contributed by atoms with Crippen LogP contribution in [0.3, 0.4) is 0 Å². The molecule has 0 radical (unpaired) electrons. The van der Waals surface area contributed by atoms with Crippen LogP contribution in [0.15, 0.2) is 12.3 Å². The van der Waals surface area contributed by atoms with E-state index in [-0.39, 0.29) is 12.4 Å². The number of aromatic nitrogens is 2. The summed E-state index contributed by atoms with van der Waals surface area (Å²) in [6, 6.07) is 2.43. The smallest absolute Gasteiger partial charge is 0.222 e. The molecule has 1 aromatic heterocycles. The highest BCUT2D eigenvalue weighted by atomic mass is 35.5. The molecule has 0 unspecified atom stereocenters. The number of hydrogen-bond donors (Lipinski definition) is 2. The van der Waals surface area contributed by atoms with Crippen molar-refractivity contribution in [2.75, 3.05) is 13.1 Å². The van der Waals surface area contributed by atoms with Crippen LogP contribution >= 0.6 is 24.0 Å². The summed E-state index contributed by atoms with van der Waals surface area (Å²) in [6.45, 7) is 2.94. The summed E-state index contributed by atoms with van der Waals surface area (Å²) < 4.78 is 0. The van der Waals surface area contributed by atoms with E-state index >= 15 is 0 Å². The Morgan fingerprint density at radius 1 is 1.56 bits per heavy atom. The topological polar surface area (TPSA) is 49.8 Å². The zero-order valence-electron chi connectivity index (χ0n) is 8.95. The molecule has 2 N–H and O–H groups in total. The third-order valence-electron chi connectivity index (χ3n) is 2.55. The van der Waals surface area contributed by atoms with Gasteiger partial charge in [0.25, 0.3) is 0 Å². The fourth-order valence-electron chi connectivity index (χ4n) is 1.74. The van der Waals surface area contributed by atoms with Gasteiger partial charge in [-0.1, -0.05) is 0 Å². The molecule has 4 nitrogen and oxygen atoms in total. The Hall–Kier alpha value is -0.420. The number of halogens is 2. The second kappa shape index (κ2) is 7.01. The van der Waals surface area contributed by atoms with Gasteiger partial charge in [-0.25, -0.2) is 9.97 Å². The summed E-state index contributed by atoms with van der Waals surface area (Å²) in [5.41, 5.74) is 0.945. The maximum absolute atomic E-state index is 5.70. The summed E-state index contributed by atoms with van der Waals surface area (Å²) in [5, 5.41) is 7.13. The van der Waals surface area contributed by atoms with Crippen molar-refractivity contribution >= 4 is 24.0 Å². The molecule has 1 atom stereocenters. The zero-order valence-corrected chi connectivity index (χ0v) is 10.5. The molecule has 1 aliphatic heterocycles. The van der Waals surface area contributed by atoms with Crippen LogP contribution in [0.25, 0.3) is 0 Å². The van der Waals surface area contributed by atoms with Gasteiger partial charge in [0, 0.05) is 25.3 Å². The third-order valence-corrected chi connectivity index (χ3v) is 2.73. The normalized spacial score (nSPS) is 20.2. The van der Waals surface area contributed by atoms with E-state index in [1.165, 1.54) is 12.8 Å². The standard InChI is InChI=1S/C10H15ClN4.ClH/c11-10-13-5-3-9(15-10)7-14-8-2-1-4-12-6-8;/h3,5,8,12,14H,1-2,4,6-7H2;1H/t8-;/m0./s1. The van der Waals surface area contributed by atoms with Crippen molar-refractivity contribution in [2.45, 2.75) is 25.4 Å². The third kappa shape index (κ3) is 4.22. The van der Waals surface area contributed by atoms with Gasteiger partial charge < -0.3 is 10.6 Å². The lowest BCUT2D eigenvalue weighted by Crippen LogP contribution is -2.42. The fourth-order valence-corrected chi connectivity index (χ4v) is 1.91. The lowest BCUT2D eigenvalue weighted by Gasteiger charge is -2.23. The fraction of sp³-hybridized carbons (Fsp3) is 0.600. The molecule has 6 heteroatoms. The molecule has 2 rings (SSSR count). The predicted molar refractivity (Wildman–Crippen MR) is 67.0 cm³/mol. The molecular weight excluding hydrogens is 247 g/mol. The van der Waals surface area contributed by atoms with Gasteiger partial charge in [0.15, 0.2) is 0 Å². The van der Waals surface area contributed by atoms with Crippen LogP contribution in [0.4, 0.5) is 0 Å². The van der Waals surface area contributed by atoms with E-state index in [9.17, 15) is 0 Å². The minimum atomic E-state index is 0. The second-order valence-electron chi connectivity index (χ2n) is 3.74. The van der Waals surface area contributed by atoms with E-state index in [2.05, 4.69) is 20.6 Å². The quantitative estimate of drug-likeness (QED) is 0.809. The van der Waals surface area contributed by atoms with Gasteiger partial charge in [-0.15, -0.1) is 12.4 Å². The maximum Gasteiger partial charge on any atom is 0.222 e. The van der Waals surface area contributed by atoms with Crippen molar-refractivity contribution in [1.29, 1.82) is 0 Å². The minimum Gasteiger partial charge on any atom is -0.315 e. The predicted octanol–water partition coefficient (Wildman–Crippen LogP) is 1.39. The van der Waals surface area contributed by atoms with Crippen molar-refractivity contribution in [2.24, 2.45) is 0 Å². The Kier molecular flexibility index (Phi) is 5.98. The van der Waals surface area contributed by atoms with Crippen LogP contribution in [0.2, 0.25) is 5.28 Å². The molecule has 0 saturated carbocycles. The van der Waals surface area contributed by atoms with Gasteiger partial charge in [-0.2, -0.15) is 0 Å². The van der Waals surface area contributed by atoms with Crippen LogP contribution in [-0.2, 0) is 6.54 Å². The van der Waals surface area contributed by atoms with E-state index in [1.54, 1.807) is 6.20 Å². The van der Waals surface area contributed by atoms with E-state index in [0.717, 1.165) is 25.3 Å². The monoisotopic (exact) mass is 262 g/mol. The largest absolute Gasteiger partial charge is 0.315 e. The van der Waals surface area contributed by atoms with Gasteiger partial charge in [0.2, 0.25) is 5.28 Å². The van der Waals surface area contributed by atoms with Gasteiger partial charge in [0.1, 0.15) is 0 Å². The minimum absolute atomic E-state index is 0. The first kappa shape index (κ1) is 13.6. The summed E-state index contributed by atoms with van der Waals surface area (Å²) in [6.07, 6.45) is 4.15. The number of piperidine rings is 1. The van der Waals surface area contributed by atoms with Crippen molar-refractivity contribution in [3.63, 3.8) is 0 Å². The first-order valence-electron chi connectivity index (χ1n) is 5.26. The van der Waals surface area contributed by atoms with E-state index in [1.807, 2.05) is 6.07 Å². The number of nitrogens with one attached hydrogen (secondary N) is 2. The molecule has 1 aromatic rings. The summed E-state index contributed by atoms with van der Waals surface area (Å²) >= 11 is 5.70. The number of hydrogen-bond acceptors (Lipinski definition) is 4. The number of rotatable bonds is 3. The van der Waals surface area contributed by atoms with E-state index in [0.29, 0.717) is 11.3 Å². The summed E-state index contributed by atoms with van der Waals surface area (Å²) in [4.78, 5) is 7.98. The SMILES string of the molecule is Cl.Clc1nccc(CN[C@H]2CCCNC2)n1. The van der Waals surface area contributed by atoms with Crippen LogP contribution in [0, 0.1) is 0 Å². The molecule has 1 saturated heterocycles. The van der Waals surface area contributed by atoms with Crippen molar-refractivity contribution in [3.05, 3.63) is 23.2 Å². The lowest BCUT2D eigenvalue weighted by molar-refractivity contribution is 0.387. The molecule has 0 aromatic carbocycles. The van der Waals surface area contributed by atoms with E-state index < -0.39 is 0 Å². The van der Waals surface area contributed by atoms with Crippen molar-refractivity contribution in [1.82, 2.24) is 20.6 Å². The molecule has 2 heterocycles. The van der Waals surface area contributed by atoms with Gasteiger partial charge in [-0.05, 0) is 37.1 Å². The molecule has 0 aliphatic carbocycles. The molecule has 0 bridgehead atoms. The molecule has 16 heavy (non-hydrogen) atoms. The second-order valence-corrected chi connectivity index (χ2v) is 4.08. The Bertz CT molecular complexity index is 315. The van der Waals surface area contributed by atoms with E-state index in [4.69, 9.17) is 11.6 Å². The zero-order chi connectivity index (χ0) is 10.5. The lowest BCUT2D eigenvalue weighted by atomic mass is 10.1. The highest BCUT2D eigenvalue weighted by molar-refractivity contribution is 6.28. The number of nitrogens with zero attached hydrogens (tertiary/aromatic N) is 2. The molecule has 1 fully saturated rings. The summed E-state index contributed by atoms with van der Waals surface area (Å²) in [5.74, 6) is 0. The molecule has 90 valence electrons. The first-order valence-corrected chi connectivity index (χ1v) is 5.64. The van der Waals surface area contributed by atoms with Crippen molar-refractivity contribution in [3.8, 4) is 0 Å². The van der Waals surface area contributed by atoms with Crippen LogP contribution in [0.1, 0.15) is 18.5 Å². The maximum atomic E-state index is 5.70. The van der Waals surface area contributed by atoms with Gasteiger partial charge in [-0.3, -0.25) is 0 Å². The average Bonchev–Trinajstić information content (AvgIpc) is 2.28. The molecule has 1 aliphatic rings. The Labute approximate surface area is 107 Å². The van der Waals surface area contributed by atoms with Crippen LogP contribution in [0.5, 0.6) is 0 Å². The summed E-state index contributed by atoms with van der Waals surface area (Å²) in [7, 11) is 0. The highest BCUT2D eigenvalue weighted by Crippen LogP contribution is 2.04. The van der Waals surface area contributed by atoms with Crippen LogP contribution in [-0.4, -0.2) is 29.1 Å². The average molecular weight is 263 g/mol. The molecule has 0 spiro atoms. The van der Waals surface area contributed by atoms with Crippen molar-refractivity contribution < 1.29 is 0 Å². The Morgan fingerprint density at radius 3 is 3.12 bits per heavy atom. The van der Waals surface area contributed by atoms with Gasteiger partial charge in [0.05, 0.1) is 5.69 Å². The Morgan fingerprint density at radius 2 is 2.44 bits per heavy atom. The molecular formula is C10H16Cl2N4. The van der Waals surface area contributed by atoms with Crippen LogP contribution < -0.4 is 10.6 Å².